The van der Waals surface area contributed by atoms with Crippen molar-refractivity contribution in [3.63, 3.8) is 0 Å². The topological polar surface area (TPSA) is 156 Å². The number of hydrogen-bond donors (Lipinski definition) is 2. The fourth-order valence-electron chi connectivity index (χ4n) is 7.45. The molecule has 4 rings (SSSR count). The number of alkyl halides is 3. The second-order valence-corrected chi connectivity index (χ2v) is 16.2. The van der Waals surface area contributed by atoms with Crippen LogP contribution in [0.1, 0.15) is 99.4 Å². The van der Waals surface area contributed by atoms with Gasteiger partial charge in [0.25, 0.3) is 5.91 Å². The van der Waals surface area contributed by atoms with Crippen molar-refractivity contribution in [1.29, 1.82) is 0 Å². The number of ether oxygens (including phenoxy) is 3. The number of methoxy groups -OCH3 is 1. The Hall–Kier alpha value is -4.09. The van der Waals surface area contributed by atoms with Crippen molar-refractivity contribution < 1.29 is 51.4 Å². The third-order valence-corrected chi connectivity index (χ3v) is 11.7. The zero-order valence-corrected chi connectivity index (χ0v) is 34.5. The number of esters is 2. The molecule has 0 radical (unpaired) electrons. The molecule has 316 valence electrons. The summed E-state index contributed by atoms with van der Waals surface area (Å²) in [4.78, 5) is 74.4. The number of amides is 3. The Balaban J connectivity index is 1.52. The number of halogens is 3. The average molecular weight is 824 g/mol. The third kappa shape index (κ3) is 12.5. The summed E-state index contributed by atoms with van der Waals surface area (Å²) >= 11 is 1.10. The van der Waals surface area contributed by atoms with Gasteiger partial charge in [0.15, 0.2) is 6.10 Å². The molecule has 6 atom stereocenters. The molecule has 0 unspecified atom stereocenters. The minimum Gasteiger partial charge on any atom is -0.469 e. The Morgan fingerprint density at radius 2 is 1.74 bits per heavy atom. The van der Waals surface area contributed by atoms with Gasteiger partial charge >= 0.3 is 18.1 Å². The molecule has 1 aromatic carbocycles. The number of carbonyl (C=O) groups excluding carboxylic acids is 5. The van der Waals surface area contributed by atoms with Crippen molar-refractivity contribution in [3.8, 4) is 0 Å². The molecule has 57 heavy (non-hydrogen) atoms. The number of carbonyl (C=O) groups is 5. The highest BCUT2D eigenvalue weighted by Gasteiger charge is 2.41. The first-order valence-electron chi connectivity index (χ1n) is 19.5. The van der Waals surface area contributed by atoms with E-state index in [1.54, 1.807) is 18.9 Å². The van der Waals surface area contributed by atoms with Crippen LogP contribution >= 0.6 is 11.3 Å². The zero-order chi connectivity index (χ0) is 42.0. The van der Waals surface area contributed by atoms with E-state index in [0.29, 0.717) is 23.8 Å². The molecule has 2 N–H and O–H groups in total. The molecular formula is C40H56F3N5O8S. The minimum absolute atomic E-state index is 0.0115. The summed E-state index contributed by atoms with van der Waals surface area (Å²) in [5, 5.41) is 7.75. The van der Waals surface area contributed by atoms with Gasteiger partial charge in [0.2, 0.25) is 11.8 Å². The van der Waals surface area contributed by atoms with Crippen molar-refractivity contribution >= 4 is 41.0 Å². The monoisotopic (exact) mass is 823 g/mol. The van der Waals surface area contributed by atoms with Gasteiger partial charge in [-0.25, -0.2) is 4.98 Å². The number of nitrogens with one attached hydrogen (secondary N) is 2. The van der Waals surface area contributed by atoms with Crippen molar-refractivity contribution in [2.24, 2.45) is 17.8 Å². The minimum atomic E-state index is -4.51. The van der Waals surface area contributed by atoms with E-state index in [1.807, 2.05) is 20.8 Å². The second-order valence-electron chi connectivity index (χ2n) is 15.3. The third-order valence-electron chi connectivity index (χ3n) is 10.8. The van der Waals surface area contributed by atoms with Gasteiger partial charge in [0.1, 0.15) is 16.7 Å². The molecule has 0 bridgehead atoms. The van der Waals surface area contributed by atoms with Gasteiger partial charge in [-0.05, 0) is 62.4 Å². The fraction of sp³-hybridized carbons (Fsp3) is 0.650. The maximum Gasteiger partial charge on any atom is 0.416 e. The van der Waals surface area contributed by atoms with Crippen LogP contribution in [0.3, 0.4) is 0 Å². The summed E-state index contributed by atoms with van der Waals surface area (Å²) in [5.74, 6) is -3.10. The lowest BCUT2D eigenvalue weighted by molar-refractivity contribution is -0.151. The van der Waals surface area contributed by atoms with E-state index in [4.69, 9.17) is 14.2 Å². The number of thiazole rings is 1. The van der Waals surface area contributed by atoms with E-state index in [2.05, 4.69) is 20.5 Å². The van der Waals surface area contributed by atoms with Crippen molar-refractivity contribution in [3.05, 3.63) is 51.5 Å². The van der Waals surface area contributed by atoms with Crippen LogP contribution in [-0.2, 0) is 46.0 Å². The fourth-order valence-corrected chi connectivity index (χ4v) is 8.29. The van der Waals surface area contributed by atoms with Crippen LogP contribution in [0.5, 0.6) is 0 Å². The summed E-state index contributed by atoms with van der Waals surface area (Å²) < 4.78 is 55.5. The first kappa shape index (κ1) is 45.6. The van der Waals surface area contributed by atoms with E-state index >= 15 is 0 Å². The Morgan fingerprint density at radius 3 is 2.30 bits per heavy atom. The normalized spacial score (nSPS) is 19.0. The lowest BCUT2D eigenvalue weighted by Gasteiger charge is -2.41. The molecule has 13 nitrogen and oxygen atoms in total. The highest BCUT2D eigenvalue weighted by Crippen LogP contribution is 2.32. The van der Waals surface area contributed by atoms with Crippen molar-refractivity contribution in [1.82, 2.24) is 25.4 Å². The first-order chi connectivity index (χ1) is 26.9. The van der Waals surface area contributed by atoms with Crippen LogP contribution in [0.2, 0.25) is 0 Å². The number of aromatic nitrogens is 1. The SMILES string of the molecule is CCN1CCCC[C@@H]1C(=O)N[C@H](C(=O)N(C)[C@H](C[C@@H](OC(C)=O)c1nc(C(=O)N[C@@H](Cc2ccc(C(F)(F)F)cc2)C[C@H](C)C(=O)OC)cs1)C(C)C)C1COC1. The summed E-state index contributed by atoms with van der Waals surface area (Å²) in [6, 6.07) is 2.31. The van der Waals surface area contributed by atoms with Crippen LogP contribution in [-0.4, -0.2) is 109 Å². The van der Waals surface area contributed by atoms with Crippen LogP contribution in [0.25, 0.3) is 0 Å². The van der Waals surface area contributed by atoms with E-state index < -0.39 is 59.7 Å². The Morgan fingerprint density at radius 1 is 1.05 bits per heavy atom. The van der Waals surface area contributed by atoms with Gasteiger partial charge in [-0.1, -0.05) is 46.2 Å². The molecule has 0 spiro atoms. The smallest absolute Gasteiger partial charge is 0.416 e. The summed E-state index contributed by atoms with van der Waals surface area (Å²) in [7, 11) is 2.91. The van der Waals surface area contributed by atoms with Gasteiger partial charge in [-0.15, -0.1) is 11.3 Å². The van der Waals surface area contributed by atoms with Crippen molar-refractivity contribution in [2.45, 2.75) is 110 Å². The highest BCUT2D eigenvalue weighted by atomic mass is 32.1. The summed E-state index contributed by atoms with van der Waals surface area (Å²) in [6.07, 6.45) is -2.35. The molecule has 1 aromatic heterocycles. The quantitative estimate of drug-likeness (QED) is 0.192. The first-order valence-corrected chi connectivity index (χ1v) is 20.4. The van der Waals surface area contributed by atoms with Gasteiger partial charge in [0, 0.05) is 43.8 Å². The van der Waals surface area contributed by atoms with E-state index in [1.165, 1.54) is 31.5 Å². The highest BCUT2D eigenvalue weighted by molar-refractivity contribution is 7.09. The molecule has 2 aliphatic heterocycles. The Bertz CT molecular complexity index is 1690. The van der Waals surface area contributed by atoms with Gasteiger partial charge in [-0.2, -0.15) is 13.2 Å². The van der Waals surface area contributed by atoms with Gasteiger partial charge in [0.05, 0.1) is 37.8 Å². The molecule has 3 heterocycles. The standard InChI is InChI=1S/C40H56F3N5O8S/c1-8-48-16-10-9-11-31(48)36(51)46-34(27-20-55-21-27)38(52)47(6)32(23(2)3)19-33(56-25(5)49)37-45-30(22-57-37)35(50)44-29(17-24(4)39(53)54-7)18-26-12-14-28(15-13-26)40(41,42)43/h12-15,22-24,27,29,31-34H,8-11,16-21H2,1-7H3,(H,44,50)(H,46,51)/t24-,29+,31+,32+,33+,34-/m0/s1. The molecule has 17 heteroatoms. The summed E-state index contributed by atoms with van der Waals surface area (Å²) in [6.45, 7) is 11.0. The number of nitrogens with zero attached hydrogens (tertiary/aromatic N) is 3. The van der Waals surface area contributed by atoms with Gasteiger partial charge in [-0.3, -0.25) is 28.9 Å². The summed E-state index contributed by atoms with van der Waals surface area (Å²) in [5.41, 5.74) is -0.279. The molecular weight excluding hydrogens is 768 g/mol. The van der Waals surface area contributed by atoms with Gasteiger partial charge < -0.3 is 29.7 Å². The van der Waals surface area contributed by atoms with Crippen LogP contribution < -0.4 is 10.6 Å². The Labute approximate surface area is 336 Å². The number of benzene rings is 1. The van der Waals surface area contributed by atoms with Crippen LogP contribution in [0, 0.1) is 17.8 Å². The van der Waals surface area contributed by atoms with Crippen molar-refractivity contribution in [2.75, 3.05) is 40.5 Å². The number of rotatable bonds is 18. The largest absolute Gasteiger partial charge is 0.469 e. The predicted octanol–water partition coefficient (Wildman–Crippen LogP) is 5.19. The van der Waals surface area contributed by atoms with Crippen LogP contribution in [0.4, 0.5) is 13.2 Å². The maximum atomic E-state index is 14.2. The molecule has 2 fully saturated rings. The molecule has 0 saturated carbocycles. The molecule has 2 aliphatic rings. The van der Waals surface area contributed by atoms with E-state index in [-0.39, 0.29) is 54.6 Å². The number of likely N-dealkylation sites (tertiary alicyclic amines) is 1. The van der Waals surface area contributed by atoms with E-state index in [9.17, 15) is 37.1 Å². The maximum absolute atomic E-state index is 14.2. The lowest BCUT2D eigenvalue weighted by Crippen LogP contribution is -2.61. The molecule has 2 aromatic rings. The molecule has 2 saturated heterocycles. The number of hydrogen-bond acceptors (Lipinski definition) is 11. The molecule has 3 amide bonds. The zero-order valence-electron chi connectivity index (χ0n) is 33.7. The van der Waals surface area contributed by atoms with E-state index in [0.717, 1.165) is 55.8 Å². The second kappa shape index (κ2) is 20.6. The number of likely N-dealkylation sites (N-methyl/N-ethyl adjacent to an activating group) is 2. The average Bonchev–Trinajstić information content (AvgIpc) is 3.64. The lowest BCUT2D eigenvalue weighted by atomic mass is 9.92. The Kier molecular flexibility index (Phi) is 16.4. The predicted molar refractivity (Wildman–Crippen MR) is 206 cm³/mol. The van der Waals surface area contributed by atoms with Crippen LogP contribution in [0.15, 0.2) is 29.6 Å². The molecule has 0 aliphatic carbocycles. The number of piperidine rings is 1.